The average molecular weight is 416 g/mol. The van der Waals surface area contributed by atoms with Gasteiger partial charge >= 0.3 is 6.09 Å². The molecule has 0 unspecified atom stereocenters. The number of nitrogens with one attached hydrogen (secondary N) is 1. The number of benzene rings is 1. The first-order valence-corrected chi connectivity index (χ1v) is 11.8. The monoisotopic (exact) mass is 415 g/mol. The summed E-state index contributed by atoms with van der Waals surface area (Å²) >= 11 is 3.48. The maximum Gasteiger partial charge on any atom is 0.412 e. The fraction of sp³-hybridized carbons (Fsp3) is 0.611. The van der Waals surface area contributed by atoms with E-state index >= 15 is 0 Å². The molecule has 1 aromatic carbocycles. The van der Waals surface area contributed by atoms with E-state index in [0.717, 1.165) is 10.0 Å². The van der Waals surface area contributed by atoms with Gasteiger partial charge in [-0.1, -0.05) is 36.7 Å². The maximum atomic E-state index is 12.0. The number of ether oxygens (including phenoxy) is 1. The predicted octanol–water partition coefficient (Wildman–Crippen LogP) is 6.32. The minimum atomic E-state index is -1.87. The Morgan fingerprint density at radius 1 is 1.17 bits per heavy atom. The third-order valence-corrected chi connectivity index (χ3v) is 9.07. The molecule has 1 aromatic rings. The number of halogens is 1. The minimum Gasteiger partial charge on any atom is -0.444 e. The molecule has 4 nitrogen and oxygen atoms in total. The highest BCUT2D eigenvalue weighted by Crippen LogP contribution is 2.37. The van der Waals surface area contributed by atoms with E-state index in [1.54, 1.807) is 0 Å². The Kier molecular flexibility index (Phi) is 6.69. The molecule has 0 aromatic heterocycles. The molecule has 0 aliphatic rings. The number of hydrogen-bond acceptors (Lipinski definition) is 3. The highest BCUT2D eigenvalue weighted by Gasteiger charge is 2.37. The SMILES string of the molecule is CC(C)(C)OC(=O)Nc1ccc(Br)cc1CO[Si](C)(C)C(C)(C)C. The normalized spacial score (nSPS) is 12.9. The number of amides is 1. The fourth-order valence-electron chi connectivity index (χ4n) is 1.69. The molecule has 24 heavy (non-hydrogen) atoms. The predicted molar refractivity (Wildman–Crippen MR) is 106 cm³/mol. The van der Waals surface area contributed by atoms with Gasteiger partial charge in [-0.2, -0.15) is 0 Å². The summed E-state index contributed by atoms with van der Waals surface area (Å²) in [4.78, 5) is 12.0. The Morgan fingerprint density at radius 3 is 2.25 bits per heavy atom. The van der Waals surface area contributed by atoms with Crippen LogP contribution < -0.4 is 5.32 Å². The van der Waals surface area contributed by atoms with Gasteiger partial charge in [0.15, 0.2) is 8.32 Å². The molecular formula is C18H30BrNO3Si. The highest BCUT2D eigenvalue weighted by atomic mass is 79.9. The number of anilines is 1. The lowest BCUT2D eigenvalue weighted by molar-refractivity contribution is 0.0635. The van der Waals surface area contributed by atoms with E-state index in [4.69, 9.17) is 9.16 Å². The molecule has 0 radical (unpaired) electrons. The van der Waals surface area contributed by atoms with Crippen LogP contribution in [0.5, 0.6) is 0 Å². The standard InChI is InChI=1S/C18H30BrNO3Si/c1-17(2,3)23-16(21)20-15-10-9-14(19)11-13(15)12-22-24(7,8)18(4,5)6/h9-11H,12H2,1-8H3,(H,20,21). The van der Waals surface area contributed by atoms with Gasteiger partial charge < -0.3 is 9.16 Å². The highest BCUT2D eigenvalue weighted by molar-refractivity contribution is 9.10. The quantitative estimate of drug-likeness (QED) is 0.585. The lowest BCUT2D eigenvalue weighted by Gasteiger charge is -2.36. The fourth-order valence-corrected chi connectivity index (χ4v) is 3.05. The second-order valence-corrected chi connectivity index (χ2v) is 14.2. The summed E-state index contributed by atoms with van der Waals surface area (Å²) < 4.78 is 12.6. The van der Waals surface area contributed by atoms with Gasteiger partial charge in [0, 0.05) is 15.7 Å². The lowest BCUT2D eigenvalue weighted by atomic mass is 10.2. The van der Waals surface area contributed by atoms with Gasteiger partial charge in [-0.3, -0.25) is 5.32 Å². The summed E-state index contributed by atoms with van der Waals surface area (Å²) in [7, 11) is -1.87. The van der Waals surface area contributed by atoms with Crippen molar-refractivity contribution in [2.24, 2.45) is 0 Å². The summed E-state index contributed by atoms with van der Waals surface area (Å²) in [6, 6.07) is 5.72. The van der Waals surface area contributed by atoms with Gasteiger partial charge in [-0.15, -0.1) is 0 Å². The van der Waals surface area contributed by atoms with Gasteiger partial charge in [-0.05, 0) is 57.1 Å². The van der Waals surface area contributed by atoms with Gasteiger partial charge in [0.2, 0.25) is 0 Å². The number of hydrogen-bond donors (Lipinski definition) is 1. The maximum absolute atomic E-state index is 12.0. The second-order valence-electron chi connectivity index (χ2n) is 8.48. The van der Waals surface area contributed by atoms with Crippen molar-refractivity contribution < 1.29 is 14.0 Å². The first-order chi connectivity index (χ1) is 10.7. The van der Waals surface area contributed by atoms with Crippen LogP contribution in [0.4, 0.5) is 10.5 Å². The molecule has 0 saturated heterocycles. The molecule has 0 aliphatic carbocycles. The zero-order chi connectivity index (χ0) is 18.8. The molecule has 0 aliphatic heterocycles. The van der Waals surface area contributed by atoms with E-state index in [1.807, 2.05) is 39.0 Å². The second kappa shape index (κ2) is 7.58. The molecular weight excluding hydrogens is 386 g/mol. The average Bonchev–Trinajstić information content (AvgIpc) is 2.35. The van der Waals surface area contributed by atoms with Crippen LogP contribution in [0.1, 0.15) is 47.1 Å². The molecule has 1 rings (SSSR count). The molecule has 0 atom stereocenters. The first kappa shape index (κ1) is 21.2. The van der Waals surface area contributed by atoms with Gasteiger partial charge in [0.25, 0.3) is 0 Å². The van der Waals surface area contributed by atoms with Crippen LogP contribution in [0.25, 0.3) is 0 Å². The van der Waals surface area contributed by atoms with E-state index in [0.29, 0.717) is 12.3 Å². The van der Waals surface area contributed by atoms with Crippen molar-refractivity contribution >= 4 is 36.0 Å². The van der Waals surface area contributed by atoms with Gasteiger partial charge in [-0.25, -0.2) is 4.79 Å². The molecule has 1 N–H and O–H groups in total. The zero-order valence-electron chi connectivity index (χ0n) is 16.0. The van der Waals surface area contributed by atoms with Crippen LogP contribution in [-0.2, 0) is 15.8 Å². The molecule has 136 valence electrons. The molecule has 0 fully saturated rings. The zero-order valence-corrected chi connectivity index (χ0v) is 18.6. The Bertz CT molecular complexity index is 589. The van der Waals surface area contributed by atoms with Crippen molar-refractivity contribution in [3.8, 4) is 0 Å². The summed E-state index contributed by atoms with van der Waals surface area (Å²) in [6.45, 7) is 17.0. The van der Waals surface area contributed by atoms with Crippen molar-refractivity contribution in [1.82, 2.24) is 0 Å². The number of rotatable bonds is 4. The minimum absolute atomic E-state index is 0.137. The van der Waals surface area contributed by atoms with E-state index in [-0.39, 0.29) is 5.04 Å². The summed E-state index contributed by atoms with van der Waals surface area (Å²) in [5, 5.41) is 2.96. The van der Waals surface area contributed by atoms with Crippen molar-refractivity contribution in [1.29, 1.82) is 0 Å². The van der Waals surface area contributed by atoms with E-state index in [2.05, 4.69) is 55.1 Å². The summed E-state index contributed by atoms with van der Waals surface area (Å²) in [5.41, 5.74) is 1.11. The summed E-state index contributed by atoms with van der Waals surface area (Å²) in [6.07, 6.45) is -0.460. The van der Waals surface area contributed by atoms with Crippen molar-refractivity contribution in [3.05, 3.63) is 28.2 Å². The molecule has 0 heterocycles. The van der Waals surface area contributed by atoms with Crippen LogP contribution in [0, 0.1) is 0 Å². The van der Waals surface area contributed by atoms with Gasteiger partial charge in [0.05, 0.1) is 6.61 Å². The Labute approximate surface area is 155 Å². The topological polar surface area (TPSA) is 47.6 Å². The molecule has 0 saturated carbocycles. The number of carbonyl (C=O) groups excluding carboxylic acids is 1. The van der Waals surface area contributed by atoms with Crippen molar-refractivity contribution in [2.75, 3.05) is 5.32 Å². The van der Waals surface area contributed by atoms with Crippen molar-refractivity contribution in [2.45, 2.75) is 71.9 Å². The Balaban J connectivity index is 2.91. The molecule has 1 amide bonds. The van der Waals surface area contributed by atoms with Crippen LogP contribution >= 0.6 is 15.9 Å². The molecule has 6 heteroatoms. The Hall–Kier alpha value is -0.853. The third-order valence-electron chi connectivity index (χ3n) is 4.10. The van der Waals surface area contributed by atoms with E-state index < -0.39 is 20.0 Å². The molecule has 0 spiro atoms. The molecule has 0 bridgehead atoms. The smallest absolute Gasteiger partial charge is 0.412 e. The van der Waals surface area contributed by atoms with Crippen LogP contribution in [0.15, 0.2) is 22.7 Å². The largest absolute Gasteiger partial charge is 0.444 e. The summed E-state index contributed by atoms with van der Waals surface area (Å²) in [5.74, 6) is 0. The van der Waals surface area contributed by atoms with Crippen LogP contribution in [-0.4, -0.2) is 20.0 Å². The number of carbonyl (C=O) groups is 1. The van der Waals surface area contributed by atoms with Gasteiger partial charge in [0.1, 0.15) is 5.60 Å². The van der Waals surface area contributed by atoms with Crippen molar-refractivity contribution in [3.63, 3.8) is 0 Å². The van der Waals surface area contributed by atoms with E-state index in [9.17, 15) is 4.79 Å². The lowest BCUT2D eigenvalue weighted by Crippen LogP contribution is -2.40. The first-order valence-electron chi connectivity index (χ1n) is 8.14. The van der Waals surface area contributed by atoms with Crippen LogP contribution in [0.3, 0.4) is 0 Å². The third kappa shape index (κ3) is 6.57. The Morgan fingerprint density at radius 2 is 1.75 bits per heavy atom. The van der Waals surface area contributed by atoms with E-state index in [1.165, 1.54) is 0 Å². The van der Waals surface area contributed by atoms with Crippen LogP contribution in [0.2, 0.25) is 18.1 Å².